The monoisotopic (exact) mass is 296 g/mol. The molecule has 0 unspecified atom stereocenters. The molecule has 0 bridgehead atoms. The maximum atomic E-state index is 12.7. The van der Waals surface area contributed by atoms with Crippen molar-refractivity contribution in [3.63, 3.8) is 0 Å². The van der Waals surface area contributed by atoms with Crippen LogP contribution >= 0.6 is 0 Å². The highest BCUT2D eigenvalue weighted by Gasteiger charge is 2.37. The maximum Gasteiger partial charge on any atom is 0.401 e. The average molecular weight is 296 g/mol. The van der Waals surface area contributed by atoms with Crippen LogP contribution in [-0.4, -0.2) is 57.0 Å². The predicted molar refractivity (Wildman–Crippen MR) is 73.8 cm³/mol. The van der Waals surface area contributed by atoms with Crippen molar-refractivity contribution < 1.29 is 17.9 Å². The molecule has 1 aliphatic heterocycles. The van der Waals surface area contributed by atoms with Crippen LogP contribution in [0.5, 0.6) is 0 Å². The van der Waals surface area contributed by atoms with E-state index in [2.05, 4.69) is 5.32 Å². The summed E-state index contributed by atoms with van der Waals surface area (Å²) in [6, 6.07) is 0. The Morgan fingerprint density at radius 2 is 1.85 bits per heavy atom. The molecular weight excluding hydrogens is 269 g/mol. The minimum atomic E-state index is -4.13. The van der Waals surface area contributed by atoms with Gasteiger partial charge in [0, 0.05) is 26.3 Å². The van der Waals surface area contributed by atoms with Crippen LogP contribution < -0.4 is 5.32 Å². The van der Waals surface area contributed by atoms with E-state index in [0.717, 1.165) is 32.4 Å². The first kappa shape index (κ1) is 17.7. The van der Waals surface area contributed by atoms with Crippen LogP contribution in [0.2, 0.25) is 0 Å². The van der Waals surface area contributed by atoms with Crippen LogP contribution in [0.4, 0.5) is 13.2 Å². The van der Waals surface area contributed by atoms with Gasteiger partial charge >= 0.3 is 6.18 Å². The molecular formula is C14H27F3N2O. The molecule has 1 rings (SSSR count). The molecule has 0 aromatic carbocycles. The van der Waals surface area contributed by atoms with Crippen molar-refractivity contribution in [2.24, 2.45) is 5.41 Å². The standard InChI is InChI=1S/C14H27F3N2O/c1-3-7-19(12-14(15,16)17)11-13(10-18-4-2)5-8-20-9-6-13/h18H,3-12H2,1-2H3. The molecule has 6 heteroatoms. The van der Waals surface area contributed by atoms with Gasteiger partial charge in [0.1, 0.15) is 0 Å². The SMILES string of the molecule is CCCN(CC(F)(F)F)CC1(CNCC)CCOCC1. The lowest BCUT2D eigenvalue weighted by molar-refractivity contribution is -0.151. The second-order valence-corrected chi connectivity index (χ2v) is 5.72. The van der Waals surface area contributed by atoms with Crippen molar-refractivity contribution in [3.05, 3.63) is 0 Å². The third-order valence-electron chi connectivity index (χ3n) is 3.81. The van der Waals surface area contributed by atoms with Crippen LogP contribution in [0.25, 0.3) is 0 Å². The summed E-state index contributed by atoms with van der Waals surface area (Å²) in [5.41, 5.74) is -0.0886. The normalized spacial score (nSPS) is 19.5. The van der Waals surface area contributed by atoms with E-state index in [-0.39, 0.29) is 5.41 Å². The Morgan fingerprint density at radius 3 is 2.35 bits per heavy atom. The fraction of sp³-hybridized carbons (Fsp3) is 1.00. The van der Waals surface area contributed by atoms with E-state index in [1.807, 2.05) is 13.8 Å². The molecule has 1 N–H and O–H groups in total. The lowest BCUT2D eigenvalue weighted by Crippen LogP contribution is -2.49. The quantitative estimate of drug-likeness (QED) is 0.745. The topological polar surface area (TPSA) is 24.5 Å². The number of rotatable bonds is 8. The lowest BCUT2D eigenvalue weighted by atomic mass is 9.79. The second kappa shape index (κ2) is 8.20. The summed E-state index contributed by atoms with van der Waals surface area (Å²) in [7, 11) is 0. The van der Waals surface area contributed by atoms with Crippen LogP contribution in [-0.2, 0) is 4.74 Å². The van der Waals surface area contributed by atoms with Gasteiger partial charge in [-0.25, -0.2) is 0 Å². The lowest BCUT2D eigenvalue weighted by Gasteiger charge is -2.41. The van der Waals surface area contributed by atoms with Gasteiger partial charge in [0.25, 0.3) is 0 Å². The van der Waals surface area contributed by atoms with E-state index in [9.17, 15) is 13.2 Å². The predicted octanol–water partition coefficient (Wildman–Crippen LogP) is 2.67. The van der Waals surface area contributed by atoms with Crippen molar-refractivity contribution in [1.29, 1.82) is 0 Å². The van der Waals surface area contributed by atoms with Crippen LogP contribution in [0.1, 0.15) is 33.1 Å². The third-order valence-corrected chi connectivity index (χ3v) is 3.81. The Bertz CT molecular complexity index is 266. The summed E-state index contributed by atoms with van der Waals surface area (Å²) in [6.45, 7) is 7.03. The summed E-state index contributed by atoms with van der Waals surface area (Å²) < 4.78 is 43.4. The molecule has 0 spiro atoms. The molecule has 0 amide bonds. The van der Waals surface area contributed by atoms with Gasteiger partial charge in [-0.2, -0.15) is 13.2 Å². The molecule has 0 aromatic heterocycles. The second-order valence-electron chi connectivity index (χ2n) is 5.72. The van der Waals surface area contributed by atoms with Crippen molar-refractivity contribution in [2.75, 3.05) is 45.9 Å². The first-order chi connectivity index (χ1) is 9.41. The van der Waals surface area contributed by atoms with Gasteiger partial charge in [0.2, 0.25) is 0 Å². The highest BCUT2D eigenvalue weighted by molar-refractivity contribution is 4.87. The van der Waals surface area contributed by atoms with Crippen molar-refractivity contribution in [2.45, 2.75) is 39.3 Å². The van der Waals surface area contributed by atoms with E-state index in [1.54, 1.807) is 4.90 Å². The Hall–Kier alpha value is -0.330. The number of hydrogen-bond donors (Lipinski definition) is 1. The summed E-state index contributed by atoms with van der Waals surface area (Å²) in [4.78, 5) is 1.56. The number of ether oxygens (including phenoxy) is 1. The summed E-state index contributed by atoms with van der Waals surface area (Å²) in [6.07, 6.45) is -1.72. The molecule has 1 fully saturated rings. The summed E-state index contributed by atoms with van der Waals surface area (Å²) in [5, 5.41) is 3.31. The number of alkyl halides is 3. The number of nitrogens with zero attached hydrogens (tertiary/aromatic N) is 1. The Kier molecular flexibility index (Phi) is 7.26. The zero-order valence-electron chi connectivity index (χ0n) is 12.6. The van der Waals surface area contributed by atoms with Crippen LogP contribution in [0.3, 0.4) is 0 Å². The Labute approximate surface area is 119 Å². The minimum absolute atomic E-state index is 0.0886. The highest BCUT2D eigenvalue weighted by Crippen LogP contribution is 2.32. The first-order valence-corrected chi connectivity index (χ1v) is 7.48. The summed E-state index contributed by atoms with van der Waals surface area (Å²) >= 11 is 0. The maximum absolute atomic E-state index is 12.7. The van der Waals surface area contributed by atoms with Gasteiger partial charge < -0.3 is 10.1 Å². The van der Waals surface area contributed by atoms with Crippen LogP contribution in [0, 0.1) is 5.41 Å². The van der Waals surface area contributed by atoms with Gasteiger partial charge in [-0.05, 0) is 37.8 Å². The largest absolute Gasteiger partial charge is 0.401 e. The fourth-order valence-electron chi connectivity index (χ4n) is 2.84. The van der Waals surface area contributed by atoms with Crippen molar-refractivity contribution >= 4 is 0 Å². The molecule has 1 heterocycles. The molecule has 0 saturated carbocycles. The first-order valence-electron chi connectivity index (χ1n) is 7.48. The van der Waals surface area contributed by atoms with Crippen molar-refractivity contribution in [1.82, 2.24) is 10.2 Å². The molecule has 0 radical (unpaired) electrons. The molecule has 120 valence electrons. The van der Waals surface area contributed by atoms with Crippen molar-refractivity contribution in [3.8, 4) is 0 Å². The van der Waals surface area contributed by atoms with E-state index in [4.69, 9.17) is 4.74 Å². The van der Waals surface area contributed by atoms with Gasteiger partial charge in [0.05, 0.1) is 6.54 Å². The Balaban J connectivity index is 2.67. The van der Waals surface area contributed by atoms with E-state index in [0.29, 0.717) is 26.3 Å². The molecule has 0 atom stereocenters. The molecule has 3 nitrogen and oxygen atoms in total. The van der Waals surface area contributed by atoms with Gasteiger partial charge in [-0.15, -0.1) is 0 Å². The van der Waals surface area contributed by atoms with Gasteiger partial charge in [0.15, 0.2) is 0 Å². The molecule has 0 aliphatic carbocycles. The highest BCUT2D eigenvalue weighted by atomic mass is 19.4. The molecule has 20 heavy (non-hydrogen) atoms. The van der Waals surface area contributed by atoms with Gasteiger partial charge in [-0.3, -0.25) is 4.90 Å². The fourth-order valence-corrected chi connectivity index (χ4v) is 2.84. The number of hydrogen-bond acceptors (Lipinski definition) is 3. The molecule has 1 saturated heterocycles. The van der Waals surface area contributed by atoms with E-state index in [1.165, 1.54) is 0 Å². The van der Waals surface area contributed by atoms with E-state index < -0.39 is 12.7 Å². The number of nitrogens with one attached hydrogen (secondary N) is 1. The zero-order chi connectivity index (χ0) is 15.1. The average Bonchev–Trinajstić information content (AvgIpc) is 2.36. The third kappa shape index (κ3) is 6.41. The van der Waals surface area contributed by atoms with E-state index >= 15 is 0 Å². The Morgan fingerprint density at radius 1 is 1.20 bits per heavy atom. The smallest absolute Gasteiger partial charge is 0.381 e. The van der Waals surface area contributed by atoms with Crippen LogP contribution in [0.15, 0.2) is 0 Å². The molecule has 0 aromatic rings. The summed E-state index contributed by atoms with van der Waals surface area (Å²) in [5.74, 6) is 0. The zero-order valence-corrected chi connectivity index (χ0v) is 12.6. The molecule has 1 aliphatic rings. The number of halogens is 3. The minimum Gasteiger partial charge on any atom is -0.381 e. The van der Waals surface area contributed by atoms with Gasteiger partial charge in [-0.1, -0.05) is 13.8 Å².